The number of nitrogens with one attached hydrogen (secondary N) is 2. The molecule has 2 heterocycles. The summed E-state index contributed by atoms with van der Waals surface area (Å²) in [4.78, 5) is 39.0. The molecular formula is C23H27N5O3S. The number of hydrogen-bond acceptors (Lipinski definition) is 6. The fraction of sp³-hybridized carbons (Fsp3) is 0.435. The fourth-order valence-corrected chi connectivity index (χ4v) is 5.11. The van der Waals surface area contributed by atoms with Gasteiger partial charge in [0.05, 0.1) is 16.8 Å². The first-order chi connectivity index (χ1) is 15.2. The third-order valence-corrected chi connectivity index (χ3v) is 7.26. The van der Waals surface area contributed by atoms with Crippen molar-refractivity contribution in [3.63, 3.8) is 0 Å². The SMILES string of the molecule is CC(C)(C)C1CCc2sc(C(=O)NNC(=O)CCn3nnc4ccccc4c3=O)cc2C1. The van der Waals surface area contributed by atoms with Gasteiger partial charge in [0.15, 0.2) is 0 Å². The molecular weight excluding hydrogens is 426 g/mol. The minimum absolute atomic E-state index is 0.0125. The molecule has 0 spiro atoms. The summed E-state index contributed by atoms with van der Waals surface area (Å²) < 4.78 is 1.16. The summed E-state index contributed by atoms with van der Waals surface area (Å²) in [6.07, 6.45) is 3.09. The van der Waals surface area contributed by atoms with Crippen LogP contribution in [0.25, 0.3) is 10.9 Å². The number of rotatable bonds is 4. The van der Waals surface area contributed by atoms with Crippen LogP contribution in [0.15, 0.2) is 35.1 Å². The lowest BCUT2D eigenvalue weighted by molar-refractivity contribution is -0.122. The zero-order chi connectivity index (χ0) is 22.9. The van der Waals surface area contributed by atoms with Gasteiger partial charge in [0.2, 0.25) is 5.91 Å². The molecule has 8 nitrogen and oxygen atoms in total. The standard InChI is InChI=1S/C23H27N5O3S/c1-23(2,3)15-8-9-18-14(12-15)13-19(32-18)21(30)26-25-20(29)10-11-28-22(31)16-6-4-5-7-17(16)24-27-28/h4-7,13,15H,8-12H2,1-3H3,(H,25,29)(H,26,30). The Balaban J connectivity index is 1.31. The predicted molar refractivity (Wildman–Crippen MR) is 123 cm³/mol. The van der Waals surface area contributed by atoms with Crippen LogP contribution in [-0.2, 0) is 24.2 Å². The van der Waals surface area contributed by atoms with Crippen LogP contribution in [0.4, 0.5) is 0 Å². The van der Waals surface area contributed by atoms with Gasteiger partial charge in [-0.15, -0.1) is 16.4 Å². The van der Waals surface area contributed by atoms with Crippen molar-refractivity contribution < 1.29 is 9.59 Å². The first-order valence-electron chi connectivity index (χ1n) is 10.8. The lowest BCUT2D eigenvalue weighted by Gasteiger charge is -2.33. The predicted octanol–water partition coefficient (Wildman–Crippen LogP) is 2.86. The quantitative estimate of drug-likeness (QED) is 0.591. The summed E-state index contributed by atoms with van der Waals surface area (Å²) in [6, 6.07) is 8.87. The van der Waals surface area contributed by atoms with E-state index in [-0.39, 0.29) is 29.8 Å². The molecule has 0 aliphatic heterocycles. The van der Waals surface area contributed by atoms with Crippen LogP contribution in [-0.4, -0.2) is 26.8 Å². The number of aryl methyl sites for hydroxylation is 2. The Morgan fingerprint density at radius 2 is 2.00 bits per heavy atom. The van der Waals surface area contributed by atoms with Crippen LogP contribution in [0.2, 0.25) is 0 Å². The molecule has 32 heavy (non-hydrogen) atoms. The topological polar surface area (TPSA) is 106 Å². The van der Waals surface area contributed by atoms with Crippen molar-refractivity contribution in [2.24, 2.45) is 11.3 Å². The van der Waals surface area contributed by atoms with E-state index in [1.54, 1.807) is 24.3 Å². The summed E-state index contributed by atoms with van der Waals surface area (Å²) in [5.74, 6) is -0.135. The first-order valence-corrected chi connectivity index (χ1v) is 11.6. The highest BCUT2D eigenvalue weighted by molar-refractivity contribution is 7.14. The Hall–Kier alpha value is -3.07. The van der Waals surface area contributed by atoms with Gasteiger partial charge >= 0.3 is 0 Å². The van der Waals surface area contributed by atoms with E-state index in [1.807, 2.05) is 6.07 Å². The molecule has 0 saturated heterocycles. The number of thiophene rings is 1. The average Bonchev–Trinajstić information content (AvgIpc) is 3.20. The molecule has 1 atom stereocenters. The van der Waals surface area contributed by atoms with Crippen molar-refractivity contribution in [1.82, 2.24) is 25.8 Å². The minimum Gasteiger partial charge on any atom is -0.273 e. The Bertz CT molecular complexity index is 1220. The highest BCUT2D eigenvalue weighted by atomic mass is 32.1. The molecule has 2 amide bonds. The summed E-state index contributed by atoms with van der Waals surface area (Å²) in [7, 11) is 0. The molecule has 1 aliphatic carbocycles. The molecule has 0 bridgehead atoms. The largest absolute Gasteiger partial charge is 0.279 e. The van der Waals surface area contributed by atoms with E-state index in [4.69, 9.17) is 0 Å². The van der Waals surface area contributed by atoms with E-state index >= 15 is 0 Å². The van der Waals surface area contributed by atoms with Gasteiger partial charge < -0.3 is 0 Å². The lowest BCUT2D eigenvalue weighted by Crippen LogP contribution is -2.42. The maximum atomic E-state index is 12.5. The number of carbonyl (C=O) groups is 2. The molecule has 0 fully saturated rings. The number of fused-ring (bicyclic) bond motifs is 2. The molecule has 1 aromatic carbocycles. The maximum absolute atomic E-state index is 12.5. The van der Waals surface area contributed by atoms with Gasteiger partial charge in [0.25, 0.3) is 11.5 Å². The lowest BCUT2D eigenvalue weighted by atomic mass is 9.72. The van der Waals surface area contributed by atoms with Gasteiger partial charge in [0, 0.05) is 11.3 Å². The summed E-state index contributed by atoms with van der Waals surface area (Å²) in [5, 5.41) is 8.32. The Labute approximate surface area is 190 Å². The zero-order valence-corrected chi connectivity index (χ0v) is 19.3. The number of amides is 2. The molecule has 9 heteroatoms. The second-order valence-corrected chi connectivity index (χ2v) is 10.4. The first kappa shape index (κ1) is 22.1. The smallest absolute Gasteiger partial charge is 0.273 e. The Kier molecular flexibility index (Phi) is 6.10. The third kappa shape index (κ3) is 4.72. The molecule has 0 radical (unpaired) electrons. The second kappa shape index (κ2) is 8.82. The number of benzene rings is 1. The number of hydrazine groups is 1. The fourth-order valence-electron chi connectivity index (χ4n) is 4.00. The summed E-state index contributed by atoms with van der Waals surface area (Å²) in [6.45, 7) is 6.85. The van der Waals surface area contributed by atoms with Crippen LogP contribution < -0.4 is 16.4 Å². The molecule has 2 N–H and O–H groups in total. The molecule has 0 saturated carbocycles. The number of carbonyl (C=O) groups excluding carboxylic acids is 2. The van der Waals surface area contributed by atoms with E-state index in [0.717, 1.165) is 23.9 Å². The van der Waals surface area contributed by atoms with Gasteiger partial charge in [-0.3, -0.25) is 25.2 Å². The van der Waals surface area contributed by atoms with Gasteiger partial charge in [-0.1, -0.05) is 38.1 Å². The van der Waals surface area contributed by atoms with Crippen molar-refractivity contribution in [2.45, 2.75) is 53.0 Å². The molecule has 1 unspecified atom stereocenters. The zero-order valence-electron chi connectivity index (χ0n) is 18.5. The molecule has 1 aliphatic rings. The van der Waals surface area contributed by atoms with Crippen molar-refractivity contribution in [3.8, 4) is 0 Å². The summed E-state index contributed by atoms with van der Waals surface area (Å²) in [5.41, 5.74) is 6.60. The Morgan fingerprint density at radius 1 is 1.22 bits per heavy atom. The summed E-state index contributed by atoms with van der Waals surface area (Å²) >= 11 is 1.49. The van der Waals surface area contributed by atoms with E-state index < -0.39 is 5.91 Å². The van der Waals surface area contributed by atoms with E-state index in [9.17, 15) is 14.4 Å². The number of hydrogen-bond donors (Lipinski definition) is 2. The van der Waals surface area contributed by atoms with Crippen molar-refractivity contribution in [3.05, 3.63) is 56.0 Å². The van der Waals surface area contributed by atoms with Crippen molar-refractivity contribution in [1.29, 1.82) is 0 Å². The van der Waals surface area contributed by atoms with Gasteiger partial charge in [-0.25, -0.2) is 4.68 Å². The van der Waals surface area contributed by atoms with E-state index in [0.29, 0.717) is 21.7 Å². The normalized spacial score (nSPS) is 15.9. The molecule has 2 aromatic heterocycles. The highest BCUT2D eigenvalue weighted by Gasteiger charge is 2.30. The maximum Gasteiger partial charge on any atom is 0.279 e. The number of aromatic nitrogens is 3. The molecule has 3 aromatic rings. The molecule has 168 valence electrons. The van der Waals surface area contributed by atoms with Gasteiger partial charge in [-0.2, -0.15) is 0 Å². The van der Waals surface area contributed by atoms with E-state index in [1.165, 1.54) is 21.8 Å². The van der Waals surface area contributed by atoms with Crippen molar-refractivity contribution >= 4 is 34.1 Å². The van der Waals surface area contributed by atoms with Crippen LogP contribution in [0, 0.1) is 11.3 Å². The van der Waals surface area contributed by atoms with Crippen LogP contribution in [0.1, 0.15) is 53.7 Å². The van der Waals surface area contributed by atoms with Crippen LogP contribution in [0.3, 0.4) is 0 Å². The average molecular weight is 454 g/mol. The second-order valence-electron chi connectivity index (χ2n) is 9.25. The molecule has 4 rings (SSSR count). The third-order valence-electron chi connectivity index (χ3n) is 6.03. The Morgan fingerprint density at radius 3 is 2.78 bits per heavy atom. The van der Waals surface area contributed by atoms with Crippen LogP contribution in [0.5, 0.6) is 0 Å². The highest BCUT2D eigenvalue weighted by Crippen LogP contribution is 2.40. The van der Waals surface area contributed by atoms with Crippen molar-refractivity contribution in [2.75, 3.05) is 0 Å². The van der Waals surface area contributed by atoms with E-state index in [2.05, 4.69) is 41.9 Å². The minimum atomic E-state index is -0.408. The monoisotopic (exact) mass is 453 g/mol. The van der Waals surface area contributed by atoms with Gasteiger partial charge in [0.1, 0.15) is 5.52 Å². The number of nitrogens with zero attached hydrogens (tertiary/aromatic N) is 3. The van der Waals surface area contributed by atoms with Crippen LogP contribution >= 0.6 is 11.3 Å². The van der Waals surface area contributed by atoms with Gasteiger partial charge in [-0.05, 0) is 54.4 Å².